The zero-order valence-electron chi connectivity index (χ0n) is 12.7. The van der Waals surface area contributed by atoms with E-state index in [1.165, 1.54) is 35.0 Å². The second kappa shape index (κ2) is 5.34. The number of rotatable bonds is 3. The molecule has 1 aliphatic carbocycles. The lowest BCUT2D eigenvalue weighted by molar-refractivity contribution is 0.252. The molecule has 1 aliphatic heterocycles. The summed E-state index contributed by atoms with van der Waals surface area (Å²) in [7, 11) is 0. The fourth-order valence-corrected chi connectivity index (χ4v) is 4.21. The molecule has 0 amide bonds. The fourth-order valence-electron chi connectivity index (χ4n) is 3.49. The van der Waals surface area contributed by atoms with Crippen molar-refractivity contribution in [3.05, 3.63) is 28.2 Å². The minimum Gasteiger partial charge on any atom is -0.365 e. The van der Waals surface area contributed by atoms with Crippen molar-refractivity contribution in [1.29, 1.82) is 0 Å². The molecule has 20 heavy (non-hydrogen) atoms. The highest BCUT2D eigenvalue weighted by molar-refractivity contribution is 9.10. The van der Waals surface area contributed by atoms with Gasteiger partial charge in [-0.15, -0.1) is 0 Å². The Hall–Kier alpha value is -0.540. The quantitative estimate of drug-likeness (QED) is 0.893. The topological polar surface area (TPSA) is 15.3 Å². The van der Waals surface area contributed by atoms with Crippen LogP contribution in [-0.2, 0) is 0 Å². The first-order valence-electron chi connectivity index (χ1n) is 7.81. The fraction of sp³-hybridized carbons (Fsp3) is 0.647. The van der Waals surface area contributed by atoms with Gasteiger partial charge in [-0.3, -0.25) is 0 Å². The molecule has 110 valence electrons. The Kier molecular flexibility index (Phi) is 3.85. The van der Waals surface area contributed by atoms with E-state index in [2.05, 4.69) is 65.1 Å². The van der Waals surface area contributed by atoms with Gasteiger partial charge in [0.2, 0.25) is 0 Å². The summed E-state index contributed by atoms with van der Waals surface area (Å²) in [5.74, 6) is 0.868. The first-order chi connectivity index (χ1) is 9.53. The van der Waals surface area contributed by atoms with Gasteiger partial charge in [0.15, 0.2) is 0 Å². The summed E-state index contributed by atoms with van der Waals surface area (Å²) in [6.45, 7) is 9.08. The first kappa shape index (κ1) is 14.4. The second-order valence-corrected chi connectivity index (χ2v) is 7.57. The number of hydrogen-bond donors (Lipinski definition) is 1. The lowest BCUT2D eigenvalue weighted by atomic mass is 9.90. The molecule has 2 unspecified atom stereocenters. The van der Waals surface area contributed by atoms with Crippen LogP contribution in [0.5, 0.6) is 0 Å². The highest BCUT2D eigenvalue weighted by Gasteiger charge is 2.46. The molecule has 0 radical (unpaired) electrons. The Balaban J connectivity index is 1.90. The van der Waals surface area contributed by atoms with Gasteiger partial charge in [0.05, 0.1) is 5.69 Å². The number of benzene rings is 1. The molecule has 2 fully saturated rings. The lowest BCUT2D eigenvalue weighted by Gasteiger charge is -2.48. The van der Waals surface area contributed by atoms with Crippen LogP contribution in [0.3, 0.4) is 0 Å². The van der Waals surface area contributed by atoms with Gasteiger partial charge >= 0.3 is 0 Å². The molecule has 0 bridgehead atoms. The molecule has 2 nitrogen and oxygen atoms in total. The third-order valence-corrected chi connectivity index (χ3v) is 5.68. The van der Waals surface area contributed by atoms with Crippen LogP contribution in [-0.4, -0.2) is 24.7 Å². The zero-order valence-corrected chi connectivity index (χ0v) is 14.3. The summed E-state index contributed by atoms with van der Waals surface area (Å²) in [6, 6.07) is 7.34. The van der Waals surface area contributed by atoms with Gasteiger partial charge < -0.3 is 10.2 Å². The van der Waals surface area contributed by atoms with Crippen LogP contribution >= 0.6 is 15.9 Å². The van der Waals surface area contributed by atoms with E-state index in [0.29, 0.717) is 6.04 Å². The van der Waals surface area contributed by atoms with Gasteiger partial charge in [0, 0.05) is 29.1 Å². The summed E-state index contributed by atoms with van der Waals surface area (Å²) in [5.41, 5.74) is 2.96. The maximum Gasteiger partial charge on any atom is 0.0514 e. The van der Waals surface area contributed by atoms with E-state index in [9.17, 15) is 0 Å². The summed E-state index contributed by atoms with van der Waals surface area (Å²) >= 11 is 3.77. The molecule has 2 atom stereocenters. The maximum absolute atomic E-state index is 3.83. The number of hydrogen-bond acceptors (Lipinski definition) is 2. The summed E-state index contributed by atoms with van der Waals surface area (Å²) in [5, 5.41) is 3.83. The molecule has 1 heterocycles. The molecular weight excluding hydrogens is 312 g/mol. The number of nitrogens with one attached hydrogen (secondary N) is 1. The van der Waals surface area contributed by atoms with E-state index in [4.69, 9.17) is 0 Å². The number of aryl methyl sites for hydroxylation is 1. The van der Waals surface area contributed by atoms with Crippen LogP contribution in [0, 0.1) is 12.8 Å². The first-order valence-corrected chi connectivity index (χ1v) is 8.60. The van der Waals surface area contributed by atoms with Crippen LogP contribution in [0.15, 0.2) is 22.7 Å². The highest BCUT2D eigenvalue weighted by Crippen LogP contribution is 2.43. The molecule has 1 saturated heterocycles. The predicted molar refractivity (Wildman–Crippen MR) is 89.4 cm³/mol. The van der Waals surface area contributed by atoms with Gasteiger partial charge in [0.25, 0.3) is 0 Å². The molecule has 1 aromatic carbocycles. The van der Waals surface area contributed by atoms with E-state index in [-0.39, 0.29) is 5.54 Å². The van der Waals surface area contributed by atoms with Crippen molar-refractivity contribution in [1.82, 2.24) is 5.32 Å². The smallest absolute Gasteiger partial charge is 0.0514 e. The Morgan fingerprint density at radius 2 is 2.15 bits per heavy atom. The van der Waals surface area contributed by atoms with Crippen molar-refractivity contribution in [2.24, 2.45) is 5.92 Å². The van der Waals surface area contributed by atoms with Gasteiger partial charge in [-0.1, -0.05) is 13.0 Å². The van der Waals surface area contributed by atoms with E-state index in [1.807, 2.05) is 0 Å². The number of halogens is 1. The average molecular weight is 337 g/mol. The molecule has 2 aliphatic rings. The second-order valence-electron chi connectivity index (χ2n) is 6.72. The minimum absolute atomic E-state index is 0.288. The summed E-state index contributed by atoms with van der Waals surface area (Å²) < 4.78 is 1.23. The predicted octanol–water partition coefficient (Wildman–Crippen LogP) is 4.11. The third kappa shape index (κ3) is 2.62. The van der Waals surface area contributed by atoms with Crippen molar-refractivity contribution in [2.75, 3.05) is 18.0 Å². The largest absolute Gasteiger partial charge is 0.365 e. The van der Waals surface area contributed by atoms with Crippen molar-refractivity contribution >= 4 is 21.6 Å². The molecule has 3 heteroatoms. The van der Waals surface area contributed by atoms with Gasteiger partial charge in [0.1, 0.15) is 0 Å². The summed E-state index contributed by atoms with van der Waals surface area (Å²) in [6.07, 6.45) is 3.97. The van der Waals surface area contributed by atoms with E-state index in [1.54, 1.807) is 0 Å². The molecular formula is C17H25BrN2. The Labute approximate surface area is 131 Å². The minimum atomic E-state index is 0.288. The SMILES string of the molecule is CCC1CNC(C)(C2CC2)CN1c1ccc(C)cc1Br. The molecule has 1 aromatic rings. The van der Waals surface area contributed by atoms with Crippen molar-refractivity contribution in [3.8, 4) is 0 Å². The normalized spacial score (nSPS) is 30.6. The van der Waals surface area contributed by atoms with Crippen LogP contribution in [0.25, 0.3) is 0 Å². The van der Waals surface area contributed by atoms with Crippen molar-refractivity contribution in [3.63, 3.8) is 0 Å². The van der Waals surface area contributed by atoms with Crippen molar-refractivity contribution in [2.45, 2.75) is 51.6 Å². The van der Waals surface area contributed by atoms with Crippen molar-refractivity contribution < 1.29 is 0 Å². The number of piperazine rings is 1. The lowest BCUT2D eigenvalue weighted by Crippen LogP contribution is -2.64. The highest BCUT2D eigenvalue weighted by atomic mass is 79.9. The number of anilines is 1. The van der Waals surface area contributed by atoms with Gasteiger partial charge in [-0.2, -0.15) is 0 Å². The van der Waals surface area contributed by atoms with Crippen LogP contribution in [0.2, 0.25) is 0 Å². The van der Waals surface area contributed by atoms with E-state index < -0.39 is 0 Å². The Morgan fingerprint density at radius 3 is 2.75 bits per heavy atom. The van der Waals surface area contributed by atoms with Gasteiger partial charge in [-0.05, 0) is 72.7 Å². The van der Waals surface area contributed by atoms with Crippen LogP contribution < -0.4 is 10.2 Å². The number of nitrogens with zero attached hydrogens (tertiary/aromatic N) is 1. The molecule has 1 N–H and O–H groups in total. The Morgan fingerprint density at radius 1 is 1.40 bits per heavy atom. The average Bonchev–Trinajstić information content (AvgIpc) is 3.23. The molecule has 1 saturated carbocycles. The maximum atomic E-state index is 3.83. The third-order valence-electron chi connectivity index (χ3n) is 5.04. The zero-order chi connectivity index (χ0) is 14.3. The molecule has 0 spiro atoms. The Bertz CT molecular complexity index is 498. The monoisotopic (exact) mass is 336 g/mol. The van der Waals surface area contributed by atoms with E-state index in [0.717, 1.165) is 19.0 Å². The van der Waals surface area contributed by atoms with Crippen LogP contribution in [0.4, 0.5) is 5.69 Å². The molecule has 3 rings (SSSR count). The van der Waals surface area contributed by atoms with Gasteiger partial charge in [-0.25, -0.2) is 0 Å². The molecule has 0 aromatic heterocycles. The summed E-state index contributed by atoms with van der Waals surface area (Å²) in [4.78, 5) is 2.62. The van der Waals surface area contributed by atoms with E-state index >= 15 is 0 Å². The standard InChI is InChI=1S/C17H25BrN2/c1-4-14-10-19-17(3,13-6-7-13)11-20(14)16-8-5-12(2)9-15(16)18/h5,8-9,13-14,19H,4,6-7,10-11H2,1-3H3. The van der Waals surface area contributed by atoms with Crippen LogP contribution in [0.1, 0.15) is 38.7 Å².